The zero-order valence-electron chi connectivity index (χ0n) is 32.4. The van der Waals surface area contributed by atoms with Gasteiger partial charge >= 0.3 is 0 Å². The van der Waals surface area contributed by atoms with Crippen molar-refractivity contribution in [2.45, 2.75) is 125 Å². The van der Waals surface area contributed by atoms with E-state index in [1.807, 2.05) is 27.7 Å². The summed E-state index contributed by atoms with van der Waals surface area (Å²) in [5.41, 5.74) is 0.271. The summed E-state index contributed by atoms with van der Waals surface area (Å²) in [7, 11) is 3.14. The summed E-state index contributed by atoms with van der Waals surface area (Å²) in [6.07, 6.45) is 3.93. The Hall–Kier alpha value is -3.80. The molecule has 0 aromatic heterocycles. The van der Waals surface area contributed by atoms with E-state index >= 15 is 0 Å². The van der Waals surface area contributed by atoms with E-state index in [0.29, 0.717) is 37.9 Å². The lowest BCUT2D eigenvalue weighted by Gasteiger charge is -2.36. The van der Waals surface area contributed by atoms with Crippen LogP contribution in [0.3, 0.4) is 0 Å². The Labute approximate surface area is 300 Å². The maximum Gasteiger partial charge on any atom is 0.290 e. The summed E-state index contributed by atoms with van der Waals surface area (Å²) in [5, 5.41) is 11.1. The van der Waals surface area contributed by atoms with Crippen molar-refractivity contribution in [3.05, 3.63) is 35.9 Å². The number of carbonyl (C=O) groups excluding carboxylic acids is 6. The van der Waals surface area contributed by atoms with E-state index < -0.39 is 59.6 Å². The van der Waals surface area contributed by atoms with Crippen molar-refractivity contribution in [3.8, 4) is 0 Å². The fourth-order valence-corrected chi connectivity index (χ4v) is 5.46. The fraction of sp³-hybridized carbons (Fsp3) is 0.684. The van der Waals surface area contributed by atoms with Gasteiger partial charge < -0.3 is 31.1 Å². The van der Waals surface area contributed by atoms with Crippen LogP contribution in [0.1, 0.15) is 112 Å². The Morgan fingerprint density at radius 3 is 2.04 bits per heavy atom. The number of likely N-dealkylation sites (tertiary alicyclic amines) is 1. The summed E-state index contributed by atoms with van der Waals surface area (Å²) in [4.78, 5) is 81.8. The van der Waals surface area contributed by atoms with E-state index in [-0.39, 0.29) is 23.7 Å². The highest BCUT2D eigenvalue weighted by atomic mass is 16.2. The number of nitrogens with one attached hydrogen (secondary N) is 4. The van der Waals surface area contributed by atoms with Crippen LogP contribution >= 0.6 is 0 Å². The van der Waals surface area contributed by atoms with Crippen molar-refractivity contribution in [1.29, 1.82) is 0 Å². The van der Waals surface area contributed by atoms with Crippen molar-refractivity contribution in [2.75, 3.05) is 33.7 Å². The van der Waals surface area contributed by atoms with Gasteiger partial charge in [-0.15, -0.1) is 0 Å². The van der Waals surface area contributed by atoms with E-state index in [1.165, 1.54) is 11.3 Å². The quantitative estimate of drug-likeness (QED) is 0.203. The molecule has 1 aromatic carbocycles. The van der Waals surface area contributed by atoms with Gasteiger partial charge in [0.05, 0.1) is 18.6 Å². The van der Waals surface area contributed by atoms with Gasteiger partial charge in [0.1, 0.15) is 12.1 Å². The molecule has 2 rings (SSSR count). The van der Waals surface area contributed by atoms with E-state index in [9.17, 15) is 28.8 Å². The first-order valence-corrected chi connectivity index (χ1v) is 18.0. The molecule has 1 saturated heterocycles. The predicted molar refractivity (Wildman–Crippen MR) is 197 cm³/mol. The number of carbonyl (C=O) groups is 6. The molecule has 1 fully saturated rings. The first-order chi connectivity index (χ1) is 23.3. The first-order valence-electron chi connectivity index (χ1n) is 18.0. The number of nitrogens with zero attached hydrogens (tertiary/aromatic N) is 2. The van der Waals surface area contributed by atoms with Crippen molar-refractivity contribution in [3.63, 3.8) is 0 Å². The summed E-state index contributed by atoms with van der Waals surface area (Å²) in [5.74, 6) is -3.56. The Morgan fingerprint density at radius 2 is 1.52 bits per heavy atom. The number of hydrogen-bond acceptors (Lipinski definition) is 7. The molecule has 0 aliphatic carbocycles. The molecule has 0 bridgehead atoms. The average Bonchev–Trinajstić information content (AvgIpc) is 3.53. The number of hydrogen-bond donors (Lipinski definition) is 4. The molecule has 4 N–H and O–H groups in total. The molecule has 1 heterocycles. The molecule has 50 heavy (non-hydrogen) atoms. The zero-order valence-corrected chi connectivity index (χ0v) is 32.4. The largest absolute Gasteiger partial charge is 0.347 e. The minimum absolute atomic E-state index is 0.0984. The Kier molecular flexibility index (Phi) is 18.4. The minimum Gasteiger partial charge on any atom is -0.347 e. The van der Waals surface area contributed by atoms with Crippen LogP contribution in [0.5, 0.6) is 0 Å². The average molecular weight is 701 g/mol. The molecule has 4 atom stereocenters. The lowest BCUT2D eigenvalue weighted by molar-refractivity contribution is -0.144. The molecule has 0 saturated carbocycles. The summed E-state index contributed by atoms with van der Waals surface area (Å²) in [6, 6.07) is 5.34. The highest BCUT2D eigenvalue weighted by Crippen LogP contribution is 2.27. The minimum atomic E-state index is -1.12. The van der Waals surface area contributed by atoms with Crippen LogP contribution < -0.4 is 21.3 Å². The number of Topliss-reactive ketones (excluding diaryl/α,β-unsaturated/α-hetero) is 1. The molecule has 1 aliphatic heterocycles. The Morgan fingerprint density at radius 1 is 0.920 bits per heavy atom. The van der Waals surface area contributed by atoms with Crippen molar-refractivity contribution >= 4 is 35.3 Å². The second-order valence-corrected chi connectivity index (χ2v) is 15.5. The molecule has 0 spiro atoms. The topological polar surface area (TPSA) is 157 Å². The lowest BCUT2D eigenvalue weighted by Crippen LogP contribution is -2.58. The molecule has 1 aromatic rings. The number of benzene rings is 1. The van der Waals surface area contributed by atoms with Gasteiger partial charge in [0, 0.05) is 20.6 Å². The van der Waals surface area contributed by atoms with Gasteiger partial charge in [0.15, 0.2) is 0 Å². The normalized spacial score (nSPS) is 16.2. The van der Waals surface area contributed by atoms with Gasteiger partial charge in [-0.1, -0.05) is 105 Å². The standard InChI is InChI=1S/C35H56N6O6.C3H8/c1-10-15-24(28(43)31(45)37-22-26(42)39-27(32(46)40(8)9)23-16-12-11-13-17-23)38-30(44)25-18-14-21-41(25)33(47)29(35(5,6)7)36-20-19-34(2,3)4;1-3-2/h11-13,16-17,24-25,27,29,36H,10,14-15,18-22H2,1-9H3,(H,37,45)(H,38,44)(H,39,42);3H2,1-2H3/t24?,25-,27-,29?;/m0./s1. The molecule has 0 radical (unpaired) electrons. The van der Waals surface area contributed by atoms with Crippen molar-refractivity contribution in [1.82, 2.24) is 31.1 Å². The Balaban J connectivity index is 0.00000401. The number of ketones is 1. The van der Waals surface area contributed by atoms with E-state index in [1.54, 1.807) is 49.3 Å². The number of rotatable bonds is 15. The molecule has 2 unspecified atom stereocenters. The maximum atomic E-state index is 13.8. The van der Waals surface area contributed by atoms with Gasteiger partial charge in [-0.3, -0.25) is 28.8 Å². The highest BCUT2D eigenvalue weighted by molar-refractivity contribution is 6.38. The van der Waals surface area contributed by atoms with Crippen molar-refractivity contribution in [2.24, 2.45) is 10.8 Å². The van der Waals surface area contributed by atoms with Crippen LogP contribution in [0.15, 0.2) is 30.3 Å². The van der Waals surface area contributed by atoms with E-state index in [0.717, 1.165) is 6.42 Å². The van der Waals surface area contributed by atoms with Gasteiger partial charge in [-0.25, -0.2) is 0 Å². The summed E-state index contributed by atoms with van der Waals surface area (Å²) in [6.45, 7) is 19.0. The van der Waals surface area contributed by atoms with Crippen LogP contribution in [-0.2, 0) is 28.8 Å². The van der Waals surface area contributed by atoms with Gasteiger partial charge in [0.25, 0.3) is 5.91 Å². The molecule has 282 valence electrons. The lowest BCUT2D eigenvalue weighted by atomic mass is 9.85. The first kappa shape index (κ1) is 44.2. The van der Waals surface area contributed by atoms with Gasteiger partial charge in [0.2, 0.25) is 29.4 Å². The fourth-order valence-electron chi connectivity index (χ4n) is 5.46. The Bertz CT molecular complexity index is 1270. The molecular formula is C38H64N6O6. The van der Waals surface area contributed by atoms with Gasteiger partial charge in [-0.05, 0) is 48.6 Å². The third-order valence-corrected chi connectivity index (χ3v) is 8.14. The third kappa shape index (κ3) is 14.6. The highest BCUT2D eigenvalue weighted by Gasteiger charge is 2.42. The van der Waals surface area contributed by atoms with Crippen LogP contribution in [0.2, 0.25) is 0 Å². The van der Waals surface area contributed by atoms with Crippen LogP contribution in [-0.4, -0.2) is 97.0 Å². The second-order valence-electron chi connectivity index (χ2n) is 15.5. The zero-order chi connectivity index (χ0) is 38.2. The summed E-state index contributed by atoms with van der Waals surface area (Å²) < 4.78 is 0. The summed E-state index contributed by atoms with van der Waals surface area (Å²) >= 11 is 0. The maximum absolute atomic E-state index is 13.8. The smallest absolute Gasteiger partial charge is 0.290 e. The molecule has 12 heteroatoms. The van der Waals surface area contributed by atoms with E-state index in [2.05, 4.69) is 55.9 Å². The number of likely N-dealkylation sites (N-methyl/N-ethyl adjacent to an activating group) is 1. The van der Waals surface area contributed by atoms with Crippen molar-refractivity contribution < 1.29 is 28.8 Å². The SMILES string of the molecule is CCC.CCCC(NC(=O)[C@@H]1CCCN1C(=O)C(NCCC(C)(C)C)C(C)(C)C)C(=O)C(=O)NCC(=O)N[C@H](C(=O)N(C)C)c1ccccc1. The monoisotopic (exact) mass is 700 g/mol. The van der Waals surface area contributed by atoms with Crippen LogP contribution in [0.4, 0.5) is 0 Å². The van der Waals surface area contributed by atoms with E-state index in [4.69, 9.17) is 0 Å². The molecule has 1 aliphatic rings. The van der Waals surface area contributed by atoms with Gasteiger partial charge in [-0.2, -0.15) is 0 Å². The molecule has 12 nitrogen and oxygen atoms in total. The van der Waals surface area contributed by atoms with Crippen LogP contribution in [0.25, 0.3) is 0 Å². The number of amides is 5. The molecule has 5 amide bonds. The second kappa shape index (κ2) is 20.8. The third-order valence-electron chi connectivity index (χ3n) is 8.14. The van der Waals surface area contributed by atoms with Crippen LogP contribution in [0, 0.1) is 10.8 Å². The predicted octanol–water partition coefficient (Wildman–Crippen LogP) is 3.75. The molecular weight excluding hydrogens is 636 g/mol.